The number of aliphatic hydroxyl groups is 4. The third-order valence-electron chi connectivity index (χ3n) is 17.4. The van der Waals surface area contributed by atoms with Gasteiger partial charge in [0.1, 0.15) is 67.6 Å². The van der Waals surface area contributed by atoms with E-state index in [0.29, 0.717) is 37.7 Å². The van der Waals surface area contributed by atoms with E-state index in [1.54, 1.807) is 85.5 Å². The van der Waals surface area contributed by atoms with Crippen molar-refractivity contribution in [2.75, 3.05) is 41.7 Å². The summed E-state index contributed by atoms with van der Waals surface area (Å²) in [6, 6.07) is 0. The highest BCUT2D eigenvalue weighted by molar-refractivity contribution is 5.97. The molecular weight excluding hydrogens is 1280 g/mol. The molecule has 0 unspecified atom stereocenters. The number of rotatable bonds is 12. The van der Waals surface area contributed by atoms with Gasteiger partial charge in [0.2, 0.25) is 11.8 Å². The summed E-state index contributed by atoms with van der Waals surface area (Å²) in [6.45, 7) is 20.0. The molecule has 5 aliphatic rings. The zero-order valence-corrected chi connectivity index (χ0v) is 60.9. The minimum absolute atomic E-state index is 0.0541. The molecule has 99 heavy (non-hydrogen) atoms. The number of cyclic esters (lactones) is 4. The number of piperidine rings is 1. The highest BCUT2D eigenvalue weighted by atomic mass is 19.1. The monoisotopic (exact) mass is 1390 g/mol. The summed E-state index contributed by atoms with van der Waals surface area (Å²) in [7, 11) is 6.17. The number of amides is 2. The van der Waals surface area contributed by atoms with E-state index in [2.05, 4.69) is 5.32 Å². The van der Waals surface area contributed by atoms with Crippen LogP contribution >= 0.6 is 0 Å². The van der Waals surface area contributed by atoms with E-state index < -0.39 is 96.5 Å². The third-order valence-corrected chi connectivity index (χ3v) is 17.4. The van der Waals surface area contributed by atoms with Gasteiger partial charge in [-0.25, -0.2) is 18.8 Å². The molecule has 5 rings (SSSR count). The molecule has 2 amide bonds. The van der Waals surface area contributed by atoms with Crippen LogP contribution in [0.3, 0.4) is 0 Å². The molecular formula is C77H114FNO20. The topological polar surface area (TPSA) is 303 Å². The van der Waals surface area contributed by atoms with Crippen LogP contribution in [-0.2, 0) is 76.3 Å². The minimum Gasteiger partial charge on any atom is -0.461 e. The largest absolute Gasteiger partial charge is 0.461 e. The van der Waals surface area contributed by atoms with Gasteiger partial charge in [-0.1, -0.05) is 133 Å². The van der Waals surface area contributed by atoms with Gasteiger partial charge >= 0.3 is 23.9 Å². The van der Waals surface area contributed by atoms with Crippen molar-refractivity contribution in [3.63, 3.8) is 0 Å². The number of allylic oxidation sites excluding steroid dienone is 8. The first-order valence-electron chi connectivity index (χ1n) is 34.3. The number of esters is 4. The Balaban J connectivity index is 0.000000467. The predicted octanol–water partition coefficient (Wildman–Crippen LogP) is 10.4. The fraction of sp³-hybridized carbons (Fsp3) is 0.610. The van der Waals surface area contributed by atoms with Crippen LogP contribution in [0.2, 0.25) is 0 Å². The van der Waals surface area contributed by atoms with Crippen molar-refractivity contribution in [1.82, 2.24) is 5.32 Å². The first-order valence-corrected chi connectivity index (χ1v) is 34.3. The van der Waals surface area contributed by atoms with Crippen LogP contribution in [0.25, 0.3) is 0 Å². The number of ether oxygens (including phenoxy) is 8. The Morgan fingerprint density at radius 2 is 0.909 bits per heavy atom. The van der Waals surface area contributed by atoms with Gasteiger partial charge in [0.15, 0.2) is 0 Å². The molecule has 1 fully saturated rings. The highest BCUT2D eigenvalue weighted by Crippen LogP contribution is 2.29. The zero-order chi connectivity index (χ0) is 74.3. The maximum atomic E-state index is 15.1. The number of methoxy groups -OCH3 is 4. The van der Waals surface area contributed by atoms with E-state index in [1.165, 1.54) is 32.3 Å². The summed E-state index contributed by atoms with van der Waals surface area (Å²) in [5.74, 6) is -5.33. The summed E-state index contributed by atoms with van der Waals surface area (Å²) in [5.41, 5.74) is 3.11. The average molecular weight is 1390 g/mol. The fourth-order valence-corrected chi connectivity index (χ4v) is 11.4. The summed E-state index contributed by atoms with van der Waals surface area (Å²) < 4.78 is 57.7. The number of alkyl halides is 1. The summed E-state index contributed by atoms with van der Waals surface area (Å²) >= 11 is 0. The van der Waals surface area contributed by atoms with Crippen molar-refractivity contribution in [2.24, 2.45) is 41.4 Å². The molecule has 0 aliphatic carbocycles. The van der Waals surface area contributed by atoms with Crippen molar-refractivity contribution >= 4 is 47.3 Å². The number of aliphatic hydroxyl groups excluding tert-OH is 4. The lowest BCUT2D eigenvalue weighted by Crippen LogP contribution is -2.40. The normalized spacial score (nSPS) is 33.9. The third kappa shape index (κ3) is 34.4. The Hall–Kier alpha value is -6.89. The van der Waals surface area contributed by atoms with Gasteiger partial charge in [-0.3, -0.25) is 29.3 Å². The number of carbonyl (C=O) groups excluding carboxylic acids is 8. The van der Waals surface area contributed by atoms with Crippen LogP contribution in [0.1, 0.15) is 153 Å². The Morgan fingerprint density at radius 1 is 0.535 bits per heavy atom. The molecule has 0 aromatic heterocycles. The lowest BCUT2D eigenvalue weighted by molar-refractivity contribution is -0.147. The Morgan fingerprint density at radius 3 is 1.34 bits per heavy atom. The van der Waals surface area contributed by atoms with E-state index in [-0.39, 0.29) is 98.3 Å². The molecule has 0 bridgehead atoms. The molecule has 0 radical (unpaired) electrons. The molecule has 1 saturated heterocycles. The molecule has 5 aliphatic heterocycles. The van der Waals surface area contributed by atoms with Crippen LogP contribution in [-0.4, -0.2) is 177 Å². The number of Topliss-reactive ketones (excluding diaryl/α,β-unsaturated/α-hetero) is 2. The number of imide groups is 1. The molecule has 0 aromatic rings. The maximum absolute atomic E-state index is 15.1. The Labute approximate surface area is 586 Å². The van der Waals surface area contributed by atoms with Crippen molar-refractivity contribution in [3.8, 4) is 0 Å². The number of hydrogen-bond acceptors (Lipinski definition) is 20. The summed E-state index contributed by atoms with van der Waals surface area (Å²) in [4.78, 5) is 95.3. The van der Waals surface area contributed by atoms with Crippen molar-refractivity contribution < 1.29 is 101 Å². The molecule has 0 spiro atoms. The van der Waals surface area contributed by atoms with Gasteiger partial charge in [0, 0.05) is 96.0 Å². The molecule has 0 aromatic carbocycles. The van der Waals surface area contributed by atoms with Gasteiger partial charge in [-0.05, 0) is 114 Å². The van der Waals surface area contributed by atoms with Crippen molar-refractivity contribution in [3.05, 3.63) is 132 Å². The lowest BCUT2D eigenvalue weighted by atomic mass is 9.85. The highest BCUT2D eigenvalue weighted by Gasteiger charge is 2.35. The van der Waals surface area contributed by atoms with Crippen molar-refractivity contribution in [1.29, 1.82) is 0 Å². The number of carbonyl (C=O) groups is 8. The van der Waals surface area contributed by atoms with Gasteiger partial charge in [-0.2, -0.15) is 0 Å². The van der Waals surface area contributed by atoms with E-state index in [0.717, 1.165) is 36.0 Å². The number of nitrogens with one attached hydrogen (secondary N) is 1. The molecule has 0 saturated carbocycles. The van der Waals surface area contributed by atoms with Gasteiger partial charge in [-0.15, -0.1) is 0 Å². The van der Waals surface area contributed by atoms with Crippen LogP contribution < -0.4 is 5.32 Å². The molecule has 22 heteroatoms. The van der Waals surface area contributed by atoms with Crippen LogP contribution in [0, 0.1) is 41.4 Å². The quantitative estimate of drug-likeness (QED) is 0.0525. The van der Waals surface area contributed by atoms with E-state index in [9.17, 15) is 58.8 Å². The fourth-order valence-electron chi connectivity index (χ4n) is 11.4. The molecule has 554 valence electrons. The second-order valence-corrected chi connectivity index (χ2v) is 26.2. The smallest absolute Gasteiger partial charge is 0.331 e. The first kappa shape index (κ1) is 88.2. The number of ketones is 2. The maximum Gasteiger partial charge on any atom is 0.331 e. The van der Waals surface area contributed by atoms with Crippen LogP contribution in [0.15, 0.2) is 132 Å². The van der Waals surface area contributed by atoms with Gasteiger partial charge < -0.3 is 58.3 Å². The summed E-state index contributed by atoms with van der Waals surface area (Å²) in [6.07, 6.45) is 28.8. The van der Waals surface area contributed by atoms with E-state index in [1.807, 2.05) is 96.2 Å². The second kappa shape index (κ2) is 48.0. The molecule has 21 nitrogen and oxygen atoms in total. The standard InChI is InChI=1S/C27H38FNO7.C20H30O5.C16H24O4.C14H22O4/c1-16-11-17(2)27(36-25(34)10-8-6-5-7-9-22(35-4)26(16)28)18(3)21(31)15-20(30)12-19-13-23(32)29-24(33)14-19;1-13-12-14(2)20(15(3)16(4)21)25-18(22)11-9-7-6-8-10-17(24-5)19(13)23;1-12-10-13(2)16(18)14(19-3)8-6-4-5-7-9-15(17)20-11-12;1-10-8-11(2)14(16)12(17-3)6-4-5-7-13(15)18-9-10/h7-11,16,18-20,22,26-27,30H,5-6,12-15H2,1-4H3,(H,29,32,33);8-13,15,17,19-20,23H,6-7H2,1-5H3;6-10,13-14,16,18H,4-5,11H2,1-3H3;4,6,8,11-12,14,16H,5,7,9H2,1-3H3/b9-7+,10-8+,17-11-;10-8+,11-9+,14-12-;8-6+,9-7+,12-10-;6-4+,10-8-/t16-,18-,20-,22+,26+,27+;13-,15-,17+,19+,20+;13-,14+,16+;11-,12+,14+/m1111/s1. The molecule has 17 atom stereocenters. The lowest BCUT2D eigenvalue weighted by Gasteiger charge is -2.27. The zero-order valence-electron chi connectivity index (χ0n) is 60.9. The van der Waals surface area contributed by atoms with E-state index in [4.69, 9.17) is 37.9 Å². The number of hydrogen-bond donors (Lipinski definition) is 5. The molecule has 5 heterocycles. The van der Waals surface area contributed by atoms with Gasteiger partial charge in [0.25, 0.3) is 0 Å². The van der Waals surface area contributed by atoms with Gasteiger partial charge in [0.05, 0.1) is 36.3 Å². The van der Waals surface area contributed by atoms with Crippen molar-refractivity contribution in [2.45, 2.75) is 220 Å². The SMILES string of the molecule is CO[C@H]1/C=C/CC/C=C/C(=O)OC/C(C)=C\[C@@H](C)[C@@H]1O.CO[C@H]1/C=C/CC/C=C/C(=O)O[C@H]([C@H](C)C(=O)C[C@H](O)CC2CC(=O)NC(=O)C2)/C(C)=C\[C@@H](C)[C@@H]1F.CO[C@H]1/C=C/CC/C=C/C(=O)O[C@H]([C@H](C)C(C)=O)/C(C)=C\[C@@H](C)[C@@H]1O.CO[C@H]1/C=C/CCC(=O)OC/C(C)=C\[C@@H](C)[C@@H]1O. The summed E-state index contributed by atoms with van der Waals surface area (Å²) in [5, 5.41) is 43.7. The van der Waals surface area contributed by atoms with E-state index >= 15 is 4.39 Å². The molecule has 5 N–H and O–H groups in total. The van der Waals surface area contributed by atoms with Crippen LogP contribution in [0.4, 0.5) is 4.39 Å². The second-order valence-electron chi connectivity index (χ2n) is 26.2. The number of halogens is 1. The predicted molar refractivity (Wildman–Crippen MR) is 376 cm³/mol. The Bertz CT molecular complexity index is 2900. The average Bonchev–Trinajstić information content (AvgIpc) is 0.871. The van der Waals surface area contributed by atoms with Crippen LogP contribution in [0.5, 0.6) is 0 Å². The minimum atomic E-state index is -1.35. The Kier molecular flexibility index (Phi) is 42.8. The first-order chi connectivity index (χ1) is 46.9.